The number of esters is 1. The molecule has 1 atom stereocenters. The van der Waals surface area contributed by atoms with Gasteiger partial charge in [-0.1, -0.05) is 39.8 Å². The molecule has 188 valence electrons. The monoisotopic (exact) mass is 512 g/mol. The molecule has 0 aliphatic heterocycles. The van der Waals surface area contributed by atoms with Gasteiger partial charge in [0.2, 0.25) is 0 Å². The number of fused-ring (bicyclic) bond motifs is 1. The second-order valence-corrected chi connectivity index (χ2v) is 11.0. The van der Waals surface area contributed by atoms with Crippen molar-refractivity contribution in [2.75, 3.05) is 24.7 Å². The molecule has 0 fully saturated rings. The highest BCUT2D eigenvalue weighted by atomic mass is 33.1. The number of nitrogens with one attached hydrogen (secondary N) is 2. The molecular formula is C22H32N4O6S2. The van der Waals surface area contributed by atoms with Crippen LogP contribution in [0.15, 0.2) is 30.5 Å². The van der Waals surface area contributed by atoms with Gasteiger partial charge >= 0.3 is 18.2 Å². The fourth-order valence-corrected chi connectivity index (χ4v) is 4.71. The highest BCUT2D eigenvalue weighted by Gasteiger charge is 2.27. The van der Waals surface area contributed by atoms with E-state index < -0.39 is 29.8 Å². The minimum absolute atomic E-state index is 0.169. The van der Waals surface area contributed by atoms with Crippen LogP contribution in [0, 0.1) is 0 Å². The number of alkyl carbamates (subject to hydrolysis) is 1. The van der Waals surface area contributed by atoms with Crippen molar-refractivity contribution in [3.63, 3.8) is 0 Å². The van der Waals surface area contributed by atoms with Gasteiger partial charge < -0.3 is 24.1 Å². The molecule has 34 heavy (non-hydrogen) atoms. The quantitative estimate of drug-likeness (QED) is 0.0789. The first kappa shape index (κ1) is 27.7. The van der Waals surface area contributed by atoms with Crippen molar-refractivity contribution in [3.05, 3.63) is 36.0 Å². The predicted molar refractivity (Wildman–Crippen MR) is 134 cm³/mol. The Hall–Kier alpha value is -2.57. The van der Waals surface area contributed by atoms with E-state index in [2.05, 4.69) is 5.32 Å². The fourth-order valence-electron chi connectivity index (χ4n) is 3.06. The Labute approximate surface area is 207 Å². The summed E-state index contributed by atoms with van der Waals surface area (Å²) in [4.78, 5) is 36.1. The van der Waals surface area contributed by atoms with Crippen LogP contribution in [0.25, 0.3) is 10.9 Å². The topological polar surface area (TPSA) is 134 Å². The van der Waals surface area contributed by atoms with Crippen LogP contribution in [0.2, 0.25) is 0 Å². The van der Waals surface area contributed by atoms with Crippen molar-refractivity contribution in [3.8, 4) is 0 Å². The number of hydrazine groups is 1. The van der Waals surface area contributed by atoms with Crippen molar-refractivity contribution in [1.82, 2.24) is 15.3 Å². The minimum atomic E-state index is -0.901. The number of carbonyl (C=O) groups excluding carboxylic acids is 3. The van der Waals surface area contributed by atoms with Gasteiger partial charge in [-0.2, -0.15) is 0 Å². The molecule has 1 aromatic heterocycles. The van der Waals surface area contributed by atoms with Gasteiger partial charge in [0.15, 0.2) is 0 Å². The lowest BCUT2D eigenvalue weighted by Gasteiger charge is -2.23. The molecule has 0 aliphatic rings. The molecular weight excluding hydrogens is 480 g/mol. The van der Waals surface area contributed by atoms with E-state index in [0.29, 0.717) is 11.5 Å². The van der Waals surface area contributed by atoms with Crippen LogP contribution in [-0.4, -0.2) is 59.1 Å². The Kier molecular flexibility index (Phi) is 10.9. The Morgan fingerprint density at radius 1 is 1.06 bits per heavy atom. The normalized spacial score (nSPS) is 12.1. The first-order valence-corrected chi connectivity index (χ1v) is 13.2. The Morgan fingerprint density at radius 2 is 1.71 bits per heavy atom. The third kappa shape index (κ3) is 9.35. The Balaban J connectivity index is 1.93. The summed E-state index contributed by atoms with van der Waals surface area (Å²) in [5, 5.41) is 3.66. The molecule has 0 unspecified atom stereocenters. The van der Waals surface area contributed by atoms with E-state index in [9.17, 15) is 14.4 Å². The van der Waals surface area contributed by atoms with Crippen LogP contribution in [-0.2, 0) is 32.5 Å². The number of rotatable bonds is 11. The Bertz CT molecular complexity index is 976. The molecule has 0 radical (unpaired) electrons. The zero-order valence-corrected chi connectivity index (χ0v) is 21.4. The third-order valence-electron chi connectivity index (χ3n) is 4.39. The van der Waals surface area contributed by atoms with E-state index in [1.54, 1.807) is 20.8 Å². The summed E-state index contributed by atoms with van der Waals surface area (Å²) in [5.41, 5.74) is 3.13. The number of ether oxygens (including phenoxy) is 3. The fraction of sp³-hybridized carbons (Fsp3) is 0.500. The molecule has 2 aromatic rings. The number of hydrogen-bond acceptors (Lipinski definition) is 9. The maximum Gasteiger partial charge on any atom is 0.421 e. The lowest BCUT2D eigenvalue weighted by atomic mass is 10.1. The van der Waals surface area contributed by atoms with Crippen LogP contribution in [0.1, 0.15) is 26.3 Å². The van der Waals surface area contributed by atoms with Crippen molar-refractivity contribution >= 4 is 50.6 Å². The summed E-state index contributed by atoms with van der Waals surface area (Å²) in [6.45, 7) is 5.66. The first-order chi connectivity index (χ1) is 16.1. The molecule has 1 aromatic carbocycles. The molecule has 0 bridgehead atoms. The summed E-state index contributed by atoms with van der Waals surface area (Å²) in [6, 6.07) is 6.96. The average molecular weight is 513 g/mol. The molecule has 1 heterocycles. The summed E-state index contributed by atoms with van der Waals surface area (Å²) in [7, 11) is 4.89. The SMILES string of the molecule is Cn1cc(C[C@@H](NC(=O)OC(C)(C)C)C(=O)OCCSSCCOC(=O)NN)c2ccccc21. The number of nitrogens with zero attached hydrogens (tertiary/aromatic N) is 1. The molecule has 12 heteroatoms. The number of benzene rings is 1. The van der Waals surface area contributed by atoms with E-state index in [1.165, 1.54) is 21.6 Å². The van der Waals surface area contributed by atoms with E-state index in [1.807, 2.05) is 47.5 Å². The number of carbonyl (C=O) groups is 3. The van der Waals surface area contributed by atoms with Gasteiger partial charge in [0.25, 0.3) is 0 Å². The summed E-state index contributed by atoms with van der Waals surface area (Å²) in [5.74, 6) is 5.49. The van der Waals surface area contributed by atoms with Crippen molar-refractivity contribution in [2.24, 2.45) is 12.9 Å². The largest absolute Gasteiger partial charge is 0.463 e. The molecule has 0 saturated heterocycles. The van der Waals surface area contributed by atoms with Gasteiger partial charge in [0, 0.05) is 42.1 Å². The summed E-state index contributed by atoms with van der Waals surface area (Å²) >= 11 is 0. The number of para-hydroxylation sites is 1. The summed E-state index contributed by atoms with van der Waals surface area (Å²) < 4.78 is 17.5. The first-order valence-electron chi connectivity index (χ1n) is 10.7. The zero-order chi connectivity index (χ0) is 25.1. The number of aromatic nitrogens is 1. The Morgan fingerprint density at radius 3 is 2.35 bits per heavy atom. The van der Waals surface area contributed by atoms with E-state index in [-0.39, 0.29) is 19.6 Å². The van der Waals surface area contributed by atoms with Gasteiger partial charge in [-0.05, 0) is 32.4 Å². The second-order valence-electron chi connectivity index (χ2n) is 8.28. The van der Waals surface area contributed by atoms with Gasteiger partial charge in [-0.15, -0.1) is 0 Å². The van der Waals surface area contributed by atoms with Gasteiger partial charge in [-0.25, -0.2) is 20.2 Å². The van der Waals surface area contributed by atoms with Crippen LogP contribution in [0.3, 0.4) is 0 Å². The minimum Gasteiger partial charge on any atom is -0.463 e. The van der Waals surface area contributed by atoms with Gasteiger partial charge in [-0.3, -0.25) is 5.43 Å². The van der Waals surface area contributed by atoms with Crippen molar-refractivity contribution < 1.29 is 28.6 Å². The van der Waals surface area contributed by atoms with Gasteiger partial charge in [0.1, 0.15) is 24.9 Å². The third-order valence-corrected chi connectivity index (χ3v) is 6.72. The average Bonchev–Trinajstić information content (AvgIpc) is 3.09. The molecule has 0 aliphatic carbocycles. The highest BCUT2D eigenvalue weighted by molar-refractivity contribution is 8.76. The number of aryl methyl sites for hydroxylation is 1. The highest BCUT2D eigenvalue weighted by Crippen LogP contribution is 2.23. The lowest BCUT2D eigenvalue weighted by molar-refractivity contribution is -0.145. The van der Waals surface area contributed by atoms with Crippen LogP contribution >= 0.6 is 21.6 Å². The van der Waals surface area contributed by atoms with Gasteiger partial charge in [0.05, 0.1) is 0 Å². The van der Waals surface area contributed by atoms with Crippen LogP contribution in [0.5, 0.6) is 0 Å². The predicted octanol–water partition coefficient (Wildman–Crippen LogP) is 3.14. The molecule has 0 saturated carbocycles. The van der Waals surface area contributed by atoms with Crippen molar-refractivity contribution in [1.29, 1.82) is 0 Å². The van der Waals surface area contributed by atoms with E-state index in [0.717, 1.165) is 16.5 Å². The standard InChI is InChI=1S/C22H32N4O6S2/c1-22(2,3)32-20(28)24-17(13-15-14-26(4)18-8-6-5-7-16(15)18)19(27)30-9-11-33-34-12-10-31-21(29)25-23/h5-8,14,17H,9-13,23H2,1-4H3,(H,24,28)(H,25,29)/t17-/m1/s1. The van der Waals surface area contributed by atoms with E-state index in [4.69, 9.17) is 20.1 Å². The van der Waals surface area contributed by atoms with Crippen LogP contribution < -0.4 is 16.6 Å². The molecule has 2 rings (SSSR count). The molecule has 4 N–H and O–H groups in total. The molecule has 10 nitrogen and oxygen atoms in total. The zero-order valence-electron chi connectivity index (χ0n) is 19.8. The second kappa shape index (κ2) is 13.4. The number of amides is 2. The number of hydrogen-bond donors (Lipinski definition) is 3. The maximum atomic E-state index is 12.8. The lowest BCUT2D eigenvalue weighted by Crippen LogP contribution is -2.45. The smallest absolute Gasteiger partial charge is 0.421 e. The van der Waals surface area contributed by atoms with Crippen molar-refractivity contribution in [2.45, 2.75) is 38.8 Å². The molecule has 0 spiro atoms. The number of nitrogens with two attached hydrogens (primary N) is 1. The maximum absolute atomic E-state index is 12.8. The van der Waals surface area contributed by atoms with E-state index >= 15 is 0 Å². The molecule has 2 amide bonds. The van der Waals surface area contributed by atoms with Crippen LogP contribution in [0.4, 0.5) is 9.59 Å². The summed E-state index contributed by atoms with van der Waals surface area (Å²) in [6.07, 6.45) is 0.846.